The van der Waals surface area contributed by atoms with Gasteiger partial charge in [-0.2, -0.15) is 18.3 Å². The number of rotatable bonds is 1. The number of hydrogen-bond donors (Lipinski definition) is 2. The van der Waals surface area contributed by atoms with Gasteiger partial charge >= 0.3 is 12.3 Å². The molecule has 0 spiro atoms. The van der Waals surface area contributed by atoms with Crippen molar-refractivity contribution in [1.29, 1.82) is 0 Å². The van der Waals surface area contributed by atoms with Crippen molar-refractivity contribution in [3.63, 3.8) is 0 Å². The molecule has 1 fully saturated rings. The minimum absolute atomic E-state index is 0.117. The van der Waals surface area contributed by atoms with Crippen molar-refractivity contribution in [2.75, 3.05) is 6.61 Å². The number of carbonyl (C=O) groups is 1. The summed E-state index contributed by atoms with van der Waals surface area (Å²) in [6.07, 6.45) is -4.21. The number of carbonyl (C=O) groups excluding carboxylic acids is 1. The summed E-state index contributed by atoms with van der Waals surface area (Å²) in [5.41, 5.74) is -1.08. The quantitative estimate of drug-likeness (QED) is 0.748. The van der Waals surface area contributed by atoms with Crippen molar-refractivity contribution < 1.29 is 22.7 Å². The molecule has 8 heteroatoms. The number of H-pyrrole nitrogens is 1. The van der Waals surface area contributed by atoms with Crippen LogP contribution in [0.5, 0.6) is 0 Å². The van der Waals surface area contributed by atoms with E-state index in [0.29, 0.717) is 0 Å². The van der Waals surface area contributed by atoms with Gasteiger partial charge in [0.15, 0.2) is 0 Å². The largest absolute Gasteiger partial charge is 0.447 e. The van der Waals surface area contributed by atoms with Crippen molar-refractivity contribution in [3.05, 3.63) is 17.5 Å². The van der Waals surface area contributed by atoms with E-state index < -0.39 is 24.0 Å². The fourth-order valence-corrected chi connectivity index (χ4v) is 1.34. The van der Waals surface area contributed by atoms with Crippen LogP contribution in [0, 0.1) is 0 Å². The monoisotopic (exact) mass is 221 g/mol. The lowest BCUT2D eigenvalue weighted by Gasteiger charge is -2.10. The smallest absolute Gasteiger partial charge is 0.433 e. The minimum atomic E-state index is -4.51. The van der Waals surface area contributed by atoms with Gasteiger partial charge in [0.25, 0.3) is 0 Å². The van der Waals surface area contributed by atoms with Crippen LogP contribution >= 0.6 is 0 Å². The summed E-state index contributed by atoms with van der Waals surface area (Å²) >= 11 is 0. The van der Waals surface area contributed by atoms with E-state index in [4.69, 9.17) is 0 Å². The second-order valence-electron chi connectivity index (χ2n) is 2.99. The number of ether oxygens (including phenoxy) is 1. The first-order chi connectivity index (χ1) is 6.98. The molecule has 15 heavy (non-hydrogen) atoms. The van der Waals surface area contributed by atoms with E-state index in [1.54, 1.807) is 0 Å². The number of nitrogens with zero attached hydrogens (tertiary/aromatic N) is 1. The van der Waals surface area contributed by atoms with Crippen LogP contribution < -0.4 is 5.32 Å². The zero-order valence-electron chi connectivity index (χ0n) is 7.26. The van der Waals surface area contributed by atoms with Gasteiger partial charge in [0.05, 0.1) is 12.2 Å². The molecule has 82 valence electrons. The molecular formula is C7H6F3N3O2. The van der Waals surface area contributed by atoms with E-state index in [0.717, 1.165) is 6.20 Å². The van der Waals surface area contributed by atoms with Gasteiger partial charge in [-0.3, -0.25) is 5.10 Å². The van der Waals surface area contributed by atoms with Crippen LogP contribution in [0.15, 0.2) is 6.20 Å². The summed E-state index contributed by atoms with van der Waals surface area (Å²) in [5, 5.41) is 7.41. The standard InChI is InChI=1S/C7H6F3N3O2/c8-7(9,10)5-3(1-11-13-5)4-2-15-6(14)12-4/h1,4H,2H2,(H,11,13)(H,12,14). The van der Waals surface area contributed by atoms with E-state index in [9.17, 15) is 18.0 Å². The lowest BCUT2D eigenvalue weighted by atomic mass is 10.1. The highest BCUT2D eigenvalue weighted by molar-refractivity contribution is 5.70. The van der Waals surface area contributed by atoms with E-state index in [2.05, 4.69) is 15.2 Å². The third kappa shape index (κ3) is 1.74. The Morgan fingerprint density at radius 1 is 1.53 bits per heavy atom. The second kappa shape index (κ2) is 3.14. The summed E-state index contributed by atoms with van der Waals surface area (Å²) < 4.78 is 41.7. The highest BCUT2D eigenvalue weighted by Gasteiger charge is 2.39. The van der Waals surface area contributed by atoms with Gasteiger partial charge < -0.3 is 10.1 Å². The van der Waals surface area contributed by atoms with Crippen LogP contribution in [0.3, 0.4) is 0 Å². The molecule has 1 atom stereocenters. The molecule has 1 aromatic rings. The Morgan fingerprint density at radius 3 is 2.80 bits per heavy atom. The summed E-state index contributed by atoms with van der Waals surface area (Å²) in [6.45, 7) is -0.124. The fraction of sp³-hybridized carbons (Fsp3) is 0.429. The van der Waals surface area contributed by atoms with Gasteiger partial charge in [-0.1, -0.05) is 0 Å². The van der Waals surface area contributed by atoms with Gasteiger partial charge in [0.1, 0.15) is 12.3 Å². The average molecular weight is 221 g/mol. The Hall–Kier alpha value is -1.73. The van der Waals surface area contributed by atoms with Gasteiger partial charge in [-0.05, 0) is 0 Å². The predicted molar refractivity (Wildman–Crippen MR) is 40.8 cm³/mol. The molecule has 2 N–H and O–H groups in total. The van der Waals surface area contributed by atoms with E-state index in [1.165, 1.54) is 0 Å². The molecule has 2 rings (SSSR count). The van der Waals surface area contributed by atoms with Gasteiger partial charge in [-0.25, -0.2) is 4.79 Å². The first-order valence-electron chi connectivity index (χ1n) is 4.02. The maximum absolute atomic E-state index is 12.4. The molecule has 1 amide bonds. The lowest BCUT2D eigenvalue weighted by molar-refractivity contribution is -0.142. The topological polar surface area (TPSA) is 67.0 Å². The molecular weight excluding hydrogens is 215 g/mol. The molecule has 1 aromatic heterocycles. The van der Waals surface area contributed by atoms with Crippen LogP contribution in [-0.4, -0.2) is 22.9 Å². The molecule has 2 heterocycles. The van der Waals surface area contributed by atoms with Crippen LogP contribution in [0.2, 0.25) is 0 Å². The second-order valence-corrected chi connectivity index (χ2v) is 2.99. The maximum atomic E-state index is 12.4. The molecule has 5 nitrogen and oxygen atoms in total. The number of aromatic nitrogens is 2. The summed E-state index contributed by atoms with van der Waals surface area (Å²) in [6, 6.07) is -0.798. The number of amides is 1. The van der Waals surface area contributed by atoms with Crippen molar-refractivity contribution >= 4 is 6.09 Å². The molecule has 0 saturated carbocycles. The third-order valence-electron chi connectivity index (χ3n) is 2.00. The molecule has 1 aliphatic heterocycles. The van der Waals surface area contributed by atoms with E-state index in [1.807, 2.05) is 5.10 Å². The highest BCUT2D eigenvalue weighted by Crippen LogP contribution is 2.33. The number of alkyl halides is 3. The SMILES string of the molecule is O=C1NC(c2cn[nH]c2C(F)(F)F)CO1. The zero-order valence-corrected chi connectivity index (χ0v) is 7.26. The Balaban J connectivity index is 2.29. The van der Waals surface area contributed by atoms with Crippen molar-refractivity contribution in [3.8, 4) is 0 Å². The molecule has 0 aromatic carbocycles. The van der Waals surface area contributed by atoms with Crippen LogP contribution in [0.1, 0.15) is 17.3 Å². The van der Waals surface area contributed by atoms with Crippen LogP contribution in [0.4, 0.5) is 18.0 Å². The maximum Gasteiger partial charge on any atom is 0.433 e. The third-order valence-corrected chi connectivity index (χ3v) is 2.00. The summed E-state index contributed by atoms with van der Waals surface area (Å²) in [5.74, 6) is 0. The number of alkyl carbamates (subject to hydrolysis) is 1. The summed E-state index contributed by atoms with van der Waals surface area (Å²) in [4.78, 5) is 10.7. The van der Waals surface area contributed by atoms with Crippen molar-refractivity contribution in [1.82, 2.24) is 15.5 Å². The Kier molecular flexibility index (Phi) is 2.06. The van der Waals surface area contributed by atoms with E-state index in [-0.39, 0.29) is 12.2 Å². The molecule has 0 radical (unpaired) electrons. The zero-order chi connectivity index (χ0) is 11.1. The van der Waals surface area contributed by atoms with Gasteiger partial charge in [-0.15, -0.1) is 0 Å². The number of cyclic esters (lactones) is 1. The highest BCUT2D eigenvalue weighted by atomic mass is 19.4. The molecule has 1 unspecified atom stereocenters. The number of nitrogens with one attached hydrogen (secondary N) is 2. The Bertz CT molecular complexity index is 387. The first-order valence-corrected chi connectivity index (χ1v) is 4.02. The average Bonchev–Trinajstić information content (AvgIpc) is 2.68. The number of hydrogen-bond acceptors (Lipinski definition) is 3. The van der Waals surface area contributed by atoms with E-state index >= 15 is 0 Å². The lowest BCUT2D eigenvalue weighted by Crippen LogP contribution is -2.21. The Labute approximate surface area is 81.6 Å². The number of halogens is 3. The first kappa shape index (κ1) is 9.81. The van der Waals surface area contributed by atoms with Crippen LogP contribution in [-0.2, 0) is 10.9 Å². The van der Waals surface area contributed by atoms with Gasteiger partial charge in [0, 0.05) is 5.56 Å². The molecule has 1 saturated heterocycles. The number of aromatic amines is 1. The fourth-order valence-electron chi connectivity index (χ4n) is 1.34. The van der Waals surface area contributed by atoms with Crippen LogP contribution in [0.25, 0.3) is 0 Å². The predicted octanol–water partition coefficient (Wildman–Crippen LogP) is 1.21. The van der Waals surface area contributed by atoms with Crippen molar-refractivity contribution in [2.45, 2.75) is 12.2 Å². The van der Waals surface area contributed by atoms with Crippen molar-refractivity contribution in [2.24, 2.45) is 0 Å². The summed E-state index contributed by atoms with van der Waals surface area (Å²) in [7, 11) is 0. The molecule has 0 aliphatic carbocycles. The minimum Gasteiger partial charge on any atom is -0.447 e. The van der Waals surface area contributed by atoms with Gasteiger partial charge in [0.2, 0.25) is 0 Å². The Morgan fingerprint density at radius 2 is 2.27 bits per heavy atom. The molecule has 1 aliphatic rings. The normalized spacial score (nSPS) is 21.3. The molecule has 0 bridgehead atoms.